The van der Waals surface area contributed by atoms with Crippen LogP contribution in [0.1, 0.15) is 13.3 Å². The summed E-state index contributed by atoms with van der Waals surface area (Å²) in [6, 6.07) is 0. The van der Waals surface area contributed by atoms with E-state index in [1.807, 2.05) is 11.8 Å². The van der Waals surface area contributed by atoms with Crippen LogP contribution in [-0.2, 0) is 9.53 Å². The molecule has 0 aliphatic carbocycles. The maximum absolute atomic E-state index is 10.8. The average Bonchev–Trinajstić information content (AvgIpc) is 2.37. The Kier molecular flexibility index (Phi) is 3.00. The molecule has 0 aromatic heterocycles. The highest BCUT2D eigenvalue weighted by atomic mass is 32.2. The molecular formula is C8H12O2S. The van der Waals surface area contributed by atoms with Gasteiger partial charge in [-0.15, -0.1) is 0 Å². The van der Waals surface area contributed by atoms with Crippen LogP contribution in [0.25, 0.3) is 0 Å². The minimum absolute atomic E-state index is 0.227. The first-order chi connectivity index (χ1) is 5.24. The molecule has 1 aliphatic heterocycles. The van der Waals surface area contributed by atoms with Gasteiger partial charge in [0.2, 0.25) is 0 Å². The van der Waals surface area contributed by atoms with Crippen molar-refractivity contribution < 1.29 is 9.53 Å². The molecule has 0 aromatic carbocycles. The fourth-order valence-electron chi connectivity index (χ4n) is 1.06. The largest absolute Gasteiger partial charge is 0.466 e. The fourth-order valence-corrected chi connectivity index (χ4v) is 2.17. The van der Waals surface area contributed by atoms with E-state index in [9.17, 15) is 4.79 Å². The van der Waals surface area contributed by atoms with Gasteiger partial charge in [0, 0.05) is 11.3 Å². The summed E-state index contributed by atoms with van der Waals surface area (Å²) in [5, 5.41) is 0.495. The number of carbonyl (C=O) groups is 1. The number of carbonyl (C=O) groups excluding carboxylic acids is 1. The zero-order valence-corrected chi connectivity index (χ0v) is 7.61. The molecule has 2 nitrogen and oxygen atoms in total. The molecule has 1 aliphatic rings. The molecule has 1 atom stereocenters. The first kappa shape index (κ1) is 8.65. The normalized spacial score (nSPS) is 27.5. The Morgan fingerprint density at radius 3 is 3.00 bits per heavy atom. The lowest BCUT2D eigenvalue weighted by atomic mass is 10.1. The van der Waals surface area contributed by atoms with Gasteiger partial charge in [0.25, 0.3) is 0 Å². The molecule has 1 heterocycles. The third-order valence-electron chi connectivity index (χ3n) is 1.79. The third kappa shape index (κ3) is 2.26. The second-order valence-corrected chi connectivity index (χ2v) is 3.95. The molecular weight excluding hydrogens is 160 g/mol. The average molecular weight is 172 g/mol. The van der Waals surface area contributed by atoms with E-state index in [0.717, 1.165) is 12.2 Å². The standard InChI is InChI=1S/C8H12O2S/c1-6-7(3-4-11-6)5-8(9)10-2/h5-6H,3-4H2,1-2H3. The van der Waals surface area contributed by atoms with Crippen LogP contribution in [0.4, 0.5) is 0 Å². The van der Waals surface area contributed by atoms with E-state index in [2.05, 4.69) is 11.7 Å². The summed E-state index contributed by atoms with van der Waals surface area (Å²) in [7, 11) is 1.41. The monoisotopic (exact) mass is 172 g/mol. The molecule has 1 unspecified atom stereocenters. The van der Waals surface area contributed by atoms with Gasteiger partial charge in [-0.25, -0.2) is 4.79 Å². The van der Waals surface area contributed by atoms with Gasteiger partial charge in [0.15, 0.2) is 0 Å². The second kappa shape index (κ2) is 3.81. The van der Waals surface area contributed by atoms with Crippen LogP contribution in [-0.4, -0.2) is 24.1 Å². The van der Waals surface area contributed by atoms with E-state index in [-0.39, 0.29) is 5.97 Å². The van der Waals surface area contributed by atoms with Crippen LogP contribution in [0.2, 0.25) is 0 Å². The molecule has 62 valence electrons. The van der Waals surface area contributed by atoms with Crippen molar-refractivity contribution in [1.29, 1.82) is 0 Å². The summed E-state index contributed by atoms with van der Waals surface area (Å²) in [5.41, 5.74) is 1.21. The minimum Gasteiger partial charge on any atom is -0.466 e. The lowest BCUT2D eigenvalue weighted by Crippen LogP contribution is -2.00. The quantitative estimate of drug-likeness (QED) is 0.444. The number of hydrogen-bond acceptors (Lipinski definition) is 3. The van der Waals surface area contributed by atoms with Crippen LogP contribution in [0.3, 0.4) is 0 Å². The van der Waals surface area contributed by atoms with Gasteiger partial charge >= 0.3 is 5.97 Å². The molecule has 11 heavy (non-hydrogen) atoms. The Balaban J connectivity index is 2.57. The molecule has 1 saturated heterocycles. The number of esters is 1. The van der Waals surface area contributed by atoms with E-state index in [1.165, 1.54) is 12.7 Å². The molecule has 0 amide bonds. The van der Waals surface area contributed by atoms with Crippen molar-refractivity contribution in [2.75, 3.05) is 12.9 Å². The van der Waals surface area contributed by atoms with Gasteiger partial charge in [0.05, 0.1) is 7.11 Å². The van der Waals surface area contributed by atoms with Crippen molar-refractivity contribution in [3.05, 3.63) is 11.6 Å². The third-order valence-corrected chi connectivity index (χ3v) is 3.03. The summed E-state index contributed by atoms with van der Waals surface area (Å²) < 4.78 is 4.54. The SMILES string of the molecule is COC(=O)C=C1CCSC1C. The number of thioether (sulfide) groups is 1. The number of rotatable bonds is 1. The van der Waals surface area contributed by atoms with Gasteiger partial charge in [-0.3, -0.25) is 0 Å². The first-order valence-corrected chi connectivity index (χ1v) is 4.69. The van der Waals surface area contributed by atoms with Crippen molar-refractivity contribution in [1.82, 2.24) is 0 Å². The topological polar surface area (TPSA) is 26.3 Å². The molecule has 0 spiro atoms. The van der Waals surface area contributed by atoms with Crippen LogP contribution in [0.5, 0.6) is 0 Å². The van der Waals surface area contributed by atoms with Gasteiger partial charge < -0.3 is 4.74 Å². The summed E-state index contributed by atoms with van der Waals surface area (Å²) in [6.07, 6.45) is 2.64. The Morgan fingerprint density at radius 1 is 1.82 bits per heavy atom. The van der Waals surface area contributed by atoms with E-state index in [0.29, 0.717) is 5.25 Å². The van der Waals surface area contributed by atoms with Crippen molar-refractivity contribution in [3.63, 3.8) is 0 Å². The van der Waals surface area contributed by atoms with Crippen molar-refractivity contribution in [3.8, 4) is 0 Å². The smallest absolute Gasteiger partial charge is 0.330 e. The molecule has 1 fully saturated rings. The van der Waals surface area contributed by atoms with E-state index >= 15 is 0 Å². The van der Waals surface area contributed by atoms with Crippen LogP contribution < -0.4 is 0 Å². The molecule has 1 rings (SSSR count). The maximum atomic E-state index is 10.8. The molecule has 0 N–H and O–H groups in total. The van der Waals surface area contributed by atoms with E-state index in [4.69, 9.17) is 0 Å². The second-order valence-electron chi connectivity index (χ2n) is 2.51. The summed E-state index contributed by atoms with van der Waals surface area (Å²) in [6.45, 7) is 2.12. The Morgan fingerprint density at radius 2 is 2.55 bits per heavy atom. The predicted molar refractivity (Wildman–Crippen MR) is 46.6 cm³/mol. The molecule has 0 radical (unpaired) electrons. The summed E-state index contributed by atoms with van der Waals surface area (Å²) >= 11 is 1.88. The number of hydrogen-bond donors (Lipinski definition) is 0. The van der Waals surface area contributed by atoms with Crippen molar-refractivity contribution in [2.24, 2.45) is 0 Å². The first-order valence-electron chi connectivity index (χ1n) is 3.64. The summed E-state index contributed by atoms with van der Waals surface area (Å²) in [5.74, 6) is 0.902. The van der Waals surface area contributed by atoms with Crippen molar-refractivity contribution in [2.45, 2.75) is 18.6 Å². The zero-order valence-electron chi connectivity index (χ0n) is 6.79. The zero-order chi connectivity index (χ0) is 8.27. The van der Waals surface area contributed by atoms with Gasteiger partial charge in [-0.2, -0.15) is 11.8 Å². The molecule has 0 aromatic rings. The van der Waals surface area contributed by atoms with Gasteiger partial charge in [0.1, 0.15) is 0 Å². The highest BCUT2D eigenvalue weighted by Gasteiger charge is 2.17. The lowest BCUT2D eigenvalue weighted by Gasteiger charge is -2.01. The minimum atomic E-state index is -0.227. The van der Waals surface area contributed by atoms with Gasteiger partial charge in [-0.05, 0) is 24.7 Å². The highest BCUT2D eigenvalue weighted by molar-refractivity contribution is 8.00. The fraction of sp³-hybridized carbons (Fsp3) is 0.625. The molecule has 3 heteroatoms. The molecule has 0 bridgehead atoms. The Bertz CT molecular complexity index is 187. The van der Waals surface area contributed by atoms with Crippen LogP contribution in [0.15, 0.2) is 11.6 Å². The number of ether oxygens (including phenoxy) is 1. The van der Waals surface area contributed by atoms with E-state index in [1.54, 1.807) is 6.08 Å². The van der Waals surface area contributed by atoms with Crippen LogP contribution >= 0.6 is 11.8 Å². The van der Waals surface area contributed by atoms with Crippen molar-refractivity contribution >= 4 is 17.7 Å². The Hall–Kier alpha value is -0.440. The highest BCUT2D eigenvalue weighted by Crippen LogP contribution is 2.30. The summed E-state index contributed by atoms with van der Waals surface area (Å²) in [4.78, 5) is 10.8. The van der Waals surface area contributed by atoms with Crippen LogP contribution in [0, 0.1) is 0 Å². The number of methoxy groups -OCH3 is 1. The maximum Gasteiger partial charge on any atom is 0.330 e. The Labute approximate surface area is 71.0 Å². The van der Waals surface area contributed by atoms with Gasteiger partial charge in [-0.1, -0.05) is 0 Å². The lowest BCUT2D eigenvalue weighted by molar-refractivity contribution is -0.134. The van der Waals surface area contributed by atoms with E-state index < -0.39 is 0 Å². The molecule has 0 saturated carbocycles. The predicted octanol–water partition coefficient (Wildman–Crippen LogP) is 1.61.